The third-order valence-corrected chi connectivity index (χ3v) is 7.08. The number of nitrogens with one attached hydrogen (secondary N) is 1. The van der Waals surface area contributed by atoms with Crippen LogP contribution in [0.25, 0.3) is 0 Å². The van der Waals surface area contributed by atoms with Crippen LogP contribution in [0.4, 0.5) is 0 Å². The molecule has 0 bridgehead atoms. The maximum Gasteiger partial charge on any atom is 0.287 e. The lowest BCUT2D eigenvalue weighted by Crippen LogP contribution is -2.48. The molecule has 4 heterocycles. The summed E-state index contributed by atoms with van der Waals surface area (Å²) in [6.07, 6.45) is 7.30. The third-order valence-electron chi connectivity index (χ3n) is 6.04. The number of hydrogen-bond donors (Lipinski definition) is 1. The van der Waals surface area contributed by atoms with Gasteiger partial charge in [0, 0.05) is 25.2 Å². The van der Waals surface area contributed by atoms with Gasteiger partial charge < -0.3 is 14.6 Å². The molecule has 0 radical (unpaired) electrons. The molecule has 6 heteroatoms. The highest BCUT2D eigenvalue weighted by Crippen LogP contribution is 2.24. The summed E-state index contributed by atoms with van der Waals surface area (Å²) >= 11 is 2.08. The second-order valence-corrected chi connectivity index (χ2v) is 9.10. The predicted molar refractivity (Wildman–Crippen MR) is 106 cm³/mol. The van der Waals surface area contributed by atoms with Crippen molar-refractivity contribution in [1.82, 2.24) is 15.1 Å². The number of carbonyl (C=O) groups excluding carboxylic acids is 1. The summed E-state index contributed by atoms with van der Waals surface area (Å²) in [5.41, 5.74) is 0. The van der Waals surface area contributed by atoms with Crippen molar-refractivity contribution >= 4 is 17.7 Å². The molecule has 3 aliphatic rings. The highest BCUT2D eigenvalue weighted by molar-refractivity contribution is 7.99. The van der Waals surface area contributed by atoms with E-state index in [0.29, 0.717) is 5.76 Å². The Hall–Kier alpha value is -0.980. The van der Waals surface area contributed by atoms with E-state index in [9.17, 15) is 4.79 Å². The van der Waals surface area contributed by atoms with Gasteiger partial charge in [0.25, 0.3) is 5.91 Å². The molecule has 0 aliphatic carbocycles. The SMILES string of the molecule is O=C(NC1CCN(C2CCSCC2)CC1)c1ccc(CN2CCCC2)o1. The molecule has 0 saturated carbocycles. The fourth-order valence-corrected chi connectivity index (χ4v) is 5.54. The highest BCUT2D eigenvalue weighted by atomic mass is 32.2. The minimum absolute atomic E-state index is 0.0508. The van der Waals surface area contributed by atoms with Crippen molar-refractivity contribution in [3.8, 4) is 0 Å². The van der Waals surface area contributed by atoms with E-state index in [1.54, 1.807) is 0 Å². The minimum Gasteiger partial charge on any atom is -0.455 e. The van der Waals surface area contributed by atoms with Crippen LogP contribution in [0.1, 0.15) is 54.8 Å². The Labute approximate surface area is 160 Å². The Morgan fingerprint density at radius 2 is 1.81 bits per heavy atom. The molecule has 0 aromatic carbocycles. The Balaban J connectivity index is 1.23. The standard InChI is InChI=1S/C20H31N3O2S/c24-20(19-4-3-18(25-19)15-22-9-1-2-10-22)21-16-5-11-23(12-6-16)17-7-13-26-14-8-17/h3-4,16-17H,1-2,5-15H2,(H,21,24). The molecule has 3 saturated heterocycles. The average molecular weight is 378 g/mol. The van der Waals surface area contributed by atoms with Gasteiger partial charge >= 0.3 is 0 Å². The summed E-state index contributed by atoms with van der Waals surface area (Å²) in [6.45, 7) is 5.32. The van der Waals surface area contributed by atoms with Crippen LogP contribution < -0.4 is 5.32 Å². The summed E-state index contributed by atoms with van der Waals surface area (Å²) in [6, 6.07) is 4.84. The Bertz CT molecular complexity index is 586. The van der Waals surface area contributed by atoms with E-state index in [1.165, 1.54) is 37.2 Å². The molecule has 144 valence electrons. The number of thioether (sulfide) groups is 1. The van der Waals surface area contributed by atoms with Crippen molar-refractivity contribution < 1.29 is 9.21 Å². The van der Waals surface area contributed by atoms with Gasteiger partial charge in [-0.05, 0) is 75.3 Å². The quantitative estimate of drug-likeness (QED) is 0.855. The maximum absolute atomic E-state index is 12.5. The van der Waals surface area contributed by atoms with Gasteiger partial charge in [-0.2, -0.15) is 11.8 Å². The molecular formula is C20H31N3O2S. The molecule has 1 N–H and O–H groups in total. The topological polar surface area (TPSA) is 48.7 Å². The molecule has 0 spiro atoms. The van der Waals surface area contributed by atoms with Gasteiger partial charge in [-0.1, -0.05) is 0 Å². The molecule has 5 nitrogen and oxygen atoms in total. The van der Waals surface area contributed by atoms with Gasteiger partial charge in [-0.15, -0.1) is 0 Å². The van der Waals surface area contributed by atoms with Crippen molar-refractivity contribution in [2.24, 2.45) is 0 Å². The first-order valence-electron chi connectivity index (χ1n) is 10.2. The summed E-state index contributed by atoms with van der Waals surface area (Å²) in [5, 5.41) is 3.19. The van der Waals surface area contributed by atoms with E-state index in [0.717, 1.165) is 57.4 Å². The molecule has 1 amide bonds. The molecular weight excluding hydrogens is 346 g/mol. The maximum atomic E-state index is 12.5. The Kier molecular flexibility index (Phi) is 6.23. The predicted octanol–water partition coefficient (Wildman–Crippen LogP) is 2.97. The van der Waals surface area contributed by atoms with Crippen LogP contribution in [0, 0.1) is 0 Å². The van der Waals surface area contributed by atoms with E-state index >= 15 is 0 Å². The second kappa shape index (κ2) is 8.81. The number of likely N-dealkylation sites (tertiary alicyclic amines) is 2. The molecule has 3 fully saturated rings. The highest BCUT2D eigenvalue weighted by Gasteiger charge is 2.27. The van der Waals surface area contributed by atoms with Crippen LogP contribution in [0.5, 0.6) is 0 Å². The van der Waals surface area contributed by atoms with E-state index in [-0.39, 0.29) is 11.9 Å². The van der Waals surface area contributed by atoms with E-state index in [2.05, 4.69) is 26.9 Å². The van der Waals surface area contributed by atoms with Gasteiger partial charge in [0.05, 0.1) is 6.54 Å². The second-order valence-electron chi connectivity index (χ2n) is 7.88. The monoisotopic (exact) mass is 377 g/mol. The van der Waals surface area contributed by atoms with Crippen molar-refractivity contribution in [1.29, 1.82) is 0 Å². The summed E-state index contributed by atoms with van der Waals surface area (Å²) in [4.78, 5) is 17.5. The van der Waals surface area contributed by atoms with Gasteiger partial charge in [0.1, 0.15) is 5.76 Å². The zero-order valence-corrected chi connectivity index (χ0v) is 16.4. The lowest BCUT2D eigenvalue weighted by Gasteiger charge is -2.39. The number of rotatable bonds is 5. The van der Waals surface area contributed by atoms with Crippen LogP contribution in [0.3, 0.4) is 0 Å². The molecule has 0 atom stereocenters. The van der Waals surface area contributed by atoms with Crippen molar-refractivity contribution in [3.63, 3.8) is 0 Å². The zero-order valence-electron chi connectivity index (χ0n) is 15.6. The molecule has 1 aromatic rings. The normalized spacial score (nSPS) is 24.2. The van der Waals surface area contributed by atoms with Crippen LogP contribution in [-0.2, 0) is 6.54 Å². The largest absolute Gasteiger partial charge is 0.455 e. The number of piperidine rings is 1. The van der Waals surface area contributed by atoms with Crippen molar-refractivity contribution in [2.45, 2.75) is 57.2 Å². The van der Waals surface area contributed by atoms with Gasteiger partial charge in [0.2, 0.25) is 0 Å². The number of hydrogen-bond acceptors (Lipinski definition) is 5. The lowest BCUT2D eigenvalue weighted by molar-refractivity contribution is 0.0856. The van der Waals surface area contributed by atoms with Crippen LogP contribution in [0.2, 0.25) is 0 Å². The zero-order chi connectivity index (χ0) is 17.8. The minimum atomic E-state index is -0.0508. The first-order chi connectivity index (χ1) is 12.8. The van der Waals surface area contributed by atoms with E-state index in [1.807, 2.05) is 12.1 Å². The third kappa shape index (κ3) is 4.65. The number of carbonyl (C=O) groups is 1. The summed E-state index contributed by atoms with van der Waals surface area (Å²) in [7, 11) is 0. The van der Waals surface area contributed by atoms with Crippen molar-refractivity contribution in [2.75, 3.05) is 37.7 Å². The average Bonchev–Trinajstić information content (AvgIpc) is 3.36. The summed E-state index contributed by atoms with van der Waals surface area (Å²) < 4.78 is 5.80. The van der Waals surface area contributed by atoms with Crippen LogP contribution in [-0.4, -0.2) is 65.5 Å². The van der Waals surface area contributed by atoms with Crippen molar-refractivity contribution in [3.05, 3.63) is 23.7 Å². The smallest absolute Gasteiger partial charge is 0.287 e. The lowest BCUT2D eigenvalue weighted by atomic mass is 10.0. The first kappa shape index (κ1) is 18.4. The van der Waals surface area contributed by atoms with Gasteiger partial charge in [0.15, 0.2) is 5.76 Å². The number of amides is 1. The Morgan fingerprint density at radius 3 is 2.54 bits per heavy atom. The molecule has 3 aliphatic heterocycles. The Morgan fingerprint density at radius 1 is 1.08 bits per heavy atom. The first-order valence-corrected chi connectivity index (χ1v) is 11.4. The summed E-state index contributed by atoms with van der Waals surface area (Å²) in [5.74, 6) is 3.93. The fourth-order valence-electron chi connectivity index (χ4n) is 4.46. The van der Waals surface area contributed by atoms with E-state index < -0.39 is 0 Å². The molecule has 0 unspecified atom stereocenters. The molecule has 4 rings (SSSR count). The molecule has 26 heavy (non-hydrogen) atoms. The van der Waals surface area contributed by atoms with Crippen LogP contribution in [0.15, 0.2) is 16.5 Å². The fraction of sp³-hybridized carbons (Fsp3) is 0.750. The molecule has 1 aromatic heterocycles. The van der Waals surface area contributed by atoms with Crippen LogP contribution >= 0.6 is 11.8 Å². The van der Waals surface area contributed by atoms with Gasteiger partial charge in [-0.3, -0.25) is 9.69 Å². The van der Waals surface area contributed by atoms with E-state index in [4.69, 9.17) is 4.42 Å². The number of furan rings is 1. The number of nitrogens with zero attached hydrogens (tertiary/aromatic N) is 2. The van der Waals surface area contributed by atoms with Gasteiger partial charge in [-0.25, -0.2) is 0 Å².